The first-order valence-electron chi connectivity index (χ1n) is 7.55. The minimum Gasteiger partial charge on any atom is -0.259 e. The maximum Gasteiger partial charge on any atom is 0.269 e. The highest BCUT2D eigenvalue weighted by molar-refractivity contribution is 7.80. The second kappa shape index (κ2) is 6.81. The predicted molar refractivity (Wildman–Crippen MR) is 100 cm³/mol. The summed E-state index contributed by atoms with van der Waals surface area (Å²) in [6.07, 6.45) is 0. The lowest BCUT2D eigenvalue weighted by Crippen LogP contribution is -2.14. The van der Waals surface area contributed by atoms with E-state index in [9.17, 15) is 10.1 Å². The Morgan fingerprint density at radius 1 is 0.792 bits per heavy atom. The van der Waals surface area contributed by atoms with Crippen molar-refractivity contribution in [3.05, 3.63) is 95.0 Å². The maximum absolute atomic E-state index is 10.8. The summed E-state index contributed by atoms with van der Waals surface area (Å²) in [5.74, 6) is 0. The van der Waals surface area contributed by atoms with Gasteiger partial charge >= 0.3 is 0 Å². The molecule has 5 heteroatoms. The third-order valence-corrected chi connectivity index (χ3v) is 7.13. The summed E-state index contributed by atoms with van der Waals surface area (Å²) in [4.78, 5) is 10.4. The van der Waals surface area contributed by atoms with Crippen LogP contribution in [0.25, 0.3) is 0 Å². The average molecular weight is 336 g/mol. The summed E-state index contributed by atoms with van der Waals surface area (Å²) in [5, 5.41) is 13.2. The van der Waals surface area contributed by atoms with E-state index in [0.29, 0.717) is 0 Å². The number of benzene rings is 3. The van der Waals surface area contributed by atoms with E-state index in [1.54, 1.807) is 12.1 Å². The molecular weight excluding hydrogens is 319 g/mol. The van der Waals surface area contributed by atoms with Crippen molar-refractivity contribution in [2.75, 3.05) is 6.66 Å². The van der Waals surface area contributed by atoms with Crippen molar-refractivity contribution in [3.8, 4) is 0 Å². The highest BCUT2D eigenvalue weighted by atomic mass is 31.2. The van der Waals surface area contributed by atoms with E-state index in [2.05, 4.69) is 30.9 Å². The summed E-state index contributed by atoms with van der Waals surface area (Å²) < 4.78 is 5.02. The molecule has 24 heavy (non-hydrogen) atoms. The molecule has 0 bridgehead atoms. The highest BCUT2D eigenvalue weighted by Gasteiger charge is 2.19. The molecule has 0 aliphatic rings. The van der Waals surface area contributed by atoms with Gasteiger partial charge in [-0.1, -0.05) is 60.7 Å². The van der Waals surface area contributed by atoms with E-state index >= 15 is 0 Å². The molecule has 0 N–H and O–H groups in total. The lowest BCUT2D eigenvalue weighted by atomic mass is 10.3. The Hall–Kier alpha value is -2.71. The van der Waals surface area contributed by atoms with E-state index in [0.717, 1.165) is 5.69 Å². The van der Waals surface area contributed by atoms with Gasteiger partial charge in [0.2, 0.25) is 0 Å². The minimum atomic E-state index is -1.98. The van der Waals surface area contributed by atoms with Crippen molar-refractivity contribution < 1.29 is 4.92 Å². The van der Waals surface area contributed by atoms with Gasteiger partial charge in [0.25, 0.3) is 5.69 Å². The average Bonchev–Trinajstić information content (AvgIpc) is 2.63. The summed E-state index contributed by atoms with van der Waals surface area (Å²) >= 11 is 0. The van der Waals surface area contributed by atoms with E-state index in [-0.39, 0.29) is 5.69 Å². The van der Waals surface area contributed by atoms with Gasteiger partial charge in [0, 0.05) is 19.2 Å². The third-order valence-electron chi connectivity index (χ3n) is 3.89. The monoisotopic (exact) mass is 336 g/mol. The van der Waals surface area contributed by atoms with Crippen LogP contribution in [0, 0.1) is 10.1 Å². The van der Waals surface area contributed by atoms with Gasteiger partial charge in [-0.3, -0.25) is 14.9 Å². The van der Waals surface area contributed by atoms with Gasteiger partial charge in [-0.15, -0.1) is 0 Å². The molecule has 3 aromatic carbocycles. The van der Waals surface area contributed by atoms with E-state index in [1.165, 1.54) is 22.7 Å². The van der Waals surface area contributed by atoms with Crippen molar-refractivity contribution in [1.29, 1.82) is 0 Å². The Labute approximate surface area is 141 Å². The quantitative estimate of drug-likeness (QED) is 0.394. The van der Waals surface area contributed by atoms with Gasteiger partial charge in [-0.2, -0.15) is 0 Å². The fourth-order valence-corrected chi connectivity index (χ4v) is 5.20. The van der Waals surface area contributed by atoms with Crippen LogP contribution in [-0.2, 0) is 0 Å². The molecule has 0 saturated carbocycles. The van der Waals surface area contributed by atoms with E-state index in [1.807, 2.05) is 36.4 Å². The molecule has 120 valence electrons. The zero-order chi connectivity index (χ0) is 17.0. The van der Waals surface area contributed by atoms with Crippen molar-refractivity contribution in [2.24, 2.45) is 4.74 Å². The van der Waals surface area contributed by atoms with Crippen molar-refractivity contribution in [1.82, 2.24) is 0 Å². The normalized spacial score (nSPS) is 11.0. The van der Waals surface area contributed by atoms with Crippen LogP contribution >= 0.6 is 7.05 Å². The van der Waals surface area contributed by atoms with Crippen LogP contribution in [-0.4, -0.2) is 11.6 Å². The first-order chi connectivity index (χ1) is 11.6. The number of hydrogen-bond donors (Lipinski definition) is 0. The molecule has 0 aromatic heterocycles. The molecule has 0 amide bonds. The Kier molecular flexibility index (Phi) is 4.59. The number of rotatable bonds is 4. The number of hydrogen-bond acceptors (Lipinski definition) is 3. The molecule has 3 rings (SSSR count). The van der Waals surface area contributed by atoms with Gasteiger partial charge in [0.05, 0.1) is 10.6 Å². The van der Waals surface area contributed by atoms with Crippen LogP contribution in [0.1, 0.15) is 0 Å². The van der Waals surface area contributed by atoms with Crippen LogP contribution < -0.4 is 10.6 Å². The molecule has 0 radical (unpaired) electrons. The second-order valence-electron chi connectivity index (χ2n) is 5.50. The fraction of sp³-hybridized carbons (Fsp3) is 0.0526. The van der Waals surface area contributed by atoms with Crippen LogP contribution in [0.15, 0.2) is 89.7 Å². The molecule has 0 fully saturated rings. The Morgan fingerprint density at radius 3 is 1.67 bits per heavy atom. The predicted octanol–water partition coefficient (Wildman–Crippen LogP) is 4.71. The lowest BCUT2D eigenvalue weighted by molar-refractivity contribution is -0.384. The van der Waals surface area contributed by atoms with Gasteiger partial charge in [-0.25, -0.2) is 0 Å². The Morgan fingerprint density at radius 2 is 1.25 bits per heavy atom. The Bertz CT molecular complexity index is 848. The molecule has 0 spiro atoms. The van der Waals surface area contributed by atoms with Gasteiger partial charge in [-0.05, 0) is 29.4 Å². The smallest absolute Gasteiger partial charge is 0.259 e. The zero-order valence-corrected chi connectivity index (χ0v) is 14.1. The highest BCUT2D eigenvalue weighted by Crippen LogP contribution is 2.46. The molecule has 4 nitrogen and oxygen atoms in total. The number of nitrogens with zero attached hydrogens (tertiary/aromatic N) is 2. The first-order valence-corrected chi connectivity index (χ1v) is 9.74. The maximum atomic E-state index is 10.8. The molecule has 0 aliphatic heterocycles. The minimum absolute atomic E-state index is 0.0772. The van der Waals surface area contributed by atoms with Crippen LogP contribution in [0.2, 0.25) is 0 Å². The van der Waals surface area contributed by atoms with Crippen molar-refractivity contribution >= 4 is 29.0 Å². The molecular formula is C19H17N2O2P. The molecule has 0 saturated heterocycles. The standard InChI is InChI=1S/C19H17N2O2P/c1-24(18-8-4-2-5-9-18,19-10-6-3-7-11-19)20-16-12-14-17(15-13-16)21(22)23/h2-15H,1H3. The summed E-state index contributed by atoms with van der Waals surface area (Å²) in [6, 6.07) is 26.8. The summed E-state index contributed by atoms with van der Waals surface area (Å²) in [5.41, 5.74) is 0.831. The lowest BCUT2D eigenvalue weighted by Gasteiger charge is -2.21. The number of nitro groups is 1. The van der Waals surface area contributed by atoms with Crippen LogP contribution in [0.5, 0.6) is 0 Å². The van der Waals surface area contributed by atoms with Crippen LogP contribution in [0.3, 0.4) is 0 Å². The summed E-state index contributed by atoms with van der Waals surface area (Å²) in [7, 11) is -1.98. The van der Waals surface area contributed by atoms with E-state index in [4.69, 9.17) is 4.74 Å². The molecule has 3 aromatic rings. The van der Waals surface area contributed by atoms with Gasteiger partial charge in [0.15, 0.2) is 0 Å². The van der Waals surface area contributed by atoms with Crippen molar-refractivity contribution in [2.45, 2.75) is 0 Å². The van der Waals surface area contributed by atoms with Crippen LogP contribution in [0.4, 0.5) is 11.4 Å². The third kappa shape index (κ3) is 3.29. The second-order valence-corrected chi connectivity index (χ2v) is 8.65. The number of nitro benzene ring substituents is 1. The summed E-state index contributed by atoms with van der Waals surface area (Å²) in [6.45, 7) is 2.17. The molecule has 0 atom stereocenters. The number of non-ortho nitro benzene ring substituents is 1. The van der Waals surface area contributed by atoms with Gasteiger partial charge < -0.3 is 0 Å². The molecule has 0 unspecified atom stereocenters. The zero-order valence-electron chi connectivity index (χ0n) is 13.2. The SMILES string of the molecule is CP(=Nc1ccc([N+](=O)[O-])cc1)(c1ccccc1)c1ccccc1. The first kappa shape index (κ1) is 16.2. The topological polar surface area (TPSA) is 55.5 Å². The Balaban J connectivity index is 2.16. The van der Waals surface area contributed by atoms with Gasteiger partial charge in [0.1, 0.15) is 0 Å². The molecule has 0 aliphatic carbocycles. The van der Waals surface area contributed by atoms with Crippen molar-refractivity contribution in [3.63, 3.8) is 0 Å². The van der Waals surface area contributed by atoms with E-state index < -0.39 is 12.0 Å². The fourth-order valence-electron chi connectivity index (χ4n) is 2.57. The molecule has 0 heterocycles. The largest absolute Gasteiger partial charge is 0.269 e.